The summed E-state index contributed by atoms with van der Waals surface area (Å²) in [5, 5.41) is 9.13. The molecule has 1 atom stereocenters. The Morgan fingerprint density at radius 2 is 2.06 bits per heavy atom. The van der Waals surface area contributed by atoms with Crippen LogP contribution in [-0.4, -0.2) is 69.2 Å². The van der Waals surface area contributed by atoms with E-state index in [4.69, 9.17) is 4.74 Å². The Balaban J connectivity index is 0.000000157. The Labute approximate surface area is 182 Å². The summed E-state index contributed by atoms with van der Waals surface area (Å²) in [5.41, 5.74) is 5.58. The van der Waals surface area contributed by atoms with Gasteiger partial charge in [0.05, 0.1) is 31.1 Å². The lowest BCUT2D eigenvalue weighted by atomic mass is 10.1. The fourth-order valence-electron chi connectivity index (χ4n) is 4.33. The van der Waals surface area contributed by atoms with Gasteiger partial charge in [0.15, 0.2) is 0 Å². The molecule has 31 heavy (non-hydrogen) atoms. The first-order valence-electron chi connectivity index (χ1n) is 11.3. The average molecular weight is 427 g/mol. The molecule has 2 aliphatic heterocycles. The number of fused-ring (bicyclic) bond motifs is 1. The van der Waals surface area contributed by atoms with E-state index in [1.165, 1.54) is 29.5 Å². The Morgan fingerprint density at radius 3 is 2.71 bits per heavy atom. The van der Waals surface area contributed by atoms with E-state index in [-0.39, 0.29) is 0 Å². The number of alkyl halides is 1. The van der Waals surface area contributed by atoms with Gasteiger partial charge in [0, 0.05) is 54.7 Å². The summed E-state index contributed by atoms with van der Waals surface area (Å²) in [6, 6.07) is 1.12. The molecule has 1 aliphatic carbocycles. The number of halogens is 1. The normalized spacial score (nSPS) is 22.1. The molecule has 8 heteroatoms. The molecule has 0 amide bonds. The molecule has 166 valence electrons. The highest BCUT2D eigenvalue weighted by Gasteiger charge is 2.30. The summed E-state index contributed by atoms with van der Waals surface area (Å²) in [6.45, 7) is 5.44. The third-order valence-electron chi connectivity index (χ3n) is 6.37. The minimum absolute atomic E-state index is 0.522. The van der Waals surface area contributed by atoms with Crippen LogP contribution in [0.4, 0.5) is 10.1 Å². The molecule has 3 aromatic heterocycles. The largest absolute Gasteiger partial charge is 0.381 e. The van der Waals surface area contributed by atoms with Gasteiger partial charge in [-0.1, -0.05) is 0 Å². The second-order valence-electron chi connectivity index (χ2n) is 8.99. The number of aryl methyl sites for hydroxylation is 2. The number of H-pyrrole nitrogens is 1. The number of pyridine rings is 1. The zero-order valence-electron chi connectivity index (χ0n) is 18.3. The van der Waals surface area contributed by atoms with Gasteiger partial charge in [0.25, 0.3) is 0 Å². The van der Waals surface area contributed by atoms with Crippen molar-refractivity contribution in [1.82, 2.24) is 24.6 Å². The van der Waals surface area contributed by atoms with E-state index >= 15 is 0 Å². The Bertz CT molecular complexity index is 1040. The van der Waals surface area contributed by atoms with Crippen LogP contribution in [0, 0.1) is 6.92 Å². The fraction of sp³-hybridized carbons (Fsp3) is 0.565. The second kappa shape index (κ2) is 8.59. The van der Waals surface area contributed by atoms with Crippen LogP contribution in [-0.2, 0) is 11.8 Å². The topological polar surface area (TPSA) is 71.0 Å². The molecule has 0 spiro atoms. The summed E-state index contributed by atoms with van der Waals surface area (Å²) in [5.74, 6) is 0. The number of hydrogen-bond donors (Lipinski definition) is 2. The van der Waals surface area contributed by atoms with Gasteiger partial charge in [-0.05, 0) is 44.7 Å². The molecule has 1 unspecified atom stereocenters. The molecule has 5 heterocycles. The van der Waals surface area contributed by atoms with Gasteiger partial charge in [-0.2, -0.15) is 5.10 Å². The maximum absolute atomic E-state index is 12.9. The molecular formula is C23H31FN6O. The quantitative estimate of drug-likeness (QED) is 0.666. The maximum Gasteiger partial charge on any atom is 0.139 e. The molecule has 2 saturated heterocycles. The first kappa shape index (κ1) is 20.5. The Hall–Kier alpha value is -2.45. The number of aromatic nitrogens is 4. The lowest BCUT2D eigenvalue weighted by Crippen LogP contribution is -2.52. The van der Waals surface area contributed by atoms with Crippen LogP contribution in [0.3, 0.4) is 0 Å². The maximum atomic E-state index is 12.9. The van der Waals surface area contributed by atoms with Crippen LogP contribution in [0.2, 0.25) is 0 Å². The fourth-order valence-corrected chi connectivity index (χ4v) is 4.33. The van der Waals surface area contributed by atoms with Crippen molar-refractivity contribution in [2.24, 2.45) is 7.05 Å². The van der Waals surface area contributed by atoms with E-state index in [0.717, 1.165) is 49.4 Å². The highest BCUT2D eigenvalue weighted by molar-refractivity contribution is 6.00. The number of rotatable bonds is 4. The van der Waals surface area contributed by atoms with E-state index in [1.54, 1.807) is 0 Å². The first-order valence-corrected chi connectivity index (χ1v) is 11.3. The van der Waals surface area contributed by atoms with E-state index in [9.17, 15) is 4.39 Å². The highest BCUT2D eigenvalue weighted by atomic mass is 19.1. The first-order chi connectivity index (χ1) is 15.1. The Morgan fingerprint density at radius 1 is 1.23 bits per heavy atom. The molecule has 3 aliphatic rings. The molecule has 0 radical (unpaired) electrons. The van der Waals surface area contributed by atoms with Gasteiger partial charge >= 0.3 is 0 Å². The van der Waals surface area contributed by atoms with Crippen molar-refractivity contribution in [1.29, 1.82) is 0 Å². The van der Waals surface area contributed by atoms with E-state index in [2.05, 4.69) is 32.2 Å². The van der Waals surface area contributed by atoms with Gasteiger partial charge in [0.2, 0.25) is 0 Å². The van der Waals surface area contributed by atoms with E-state index in [1.807, 2.05) is 36.5 Å². The van der Waals surface area contributed by atoms with Crippen LogP contribution in [0.25, 0.3) is 22.2 Å². The van der Waals surface area contributed by atoms with Crippen LogP contribution in [0.1, 0.15) is 31.2 Å². The molecule has 3 aromatic rings. The minimum atomic E-state index is -0.593. The number of aromatic amines is 1. The number of likely N-dealkylation sites (tertiary alicyclic amines) is 1. The van der Waals surface area contributed by atoms with Gasteiger partial charge in [-0.3, -0.25) is 9.58 Å². The molecule has 1 saturated carbocycles. The SMILES string of the molecule is Cc1c[nH]c2ncc(-c3cnn(C)c3)c(NC3CC3)c12.FC1CCCN(C2COC2)C1. The van der Waals surface area contributed by atoms with Crippen molar-refractivity contribution >= 4 is 16.7 Å². The molecule has 6 rings (SSSR count). The van der Waals surface area contributed by atoms with Crippen molar-refractivity contribution in [3.8, 4) is 11.1 Å². The third-order valence-corrected chi connectivity index (χ3v) is 6.37. The minimum Gasteiger partial charge on any atom is -0.381 e. The van der Waals surface area contributed by atoms with E-state index < -0.39 is 6.17 Å². The molecule has 3 fully saturated rings. The molecular weight excluding hydrogens is 395 g/mol. The predicted octanol–water partition coefficient (Wildman–Crippen LogP) is 3.67. The molecule has 0 aromatic carbocycles. The van der Waals surface area contributed by atoms with Crippen molar-refractivity contribution in [2.45, 2.75) is 50.9 Å². The van der Waals surface area contributed by atoms with Crippen LogP contribution < -0.4 is 5.32 Å². The second-order valence-corrected chi connectivity index (χ2v) is 8.99. The monoisotopic (exact) mass is 426 g/mol. The van der Waals surface area contributed by atoms with Crippen LogP contribution >= 0.6 is 0 Å². The van der Waals surface area contributed by atoms with Gasteiger partial charge < -0.3 is 15.0 Å². The van der Waals surface area contributed by atoms with E-state index in [0.29, 0.717) is 18.6 Å². The summed E-state index contributed by atoms with van der Waals surface area (Å²) >= 11 is 0. The molecule has 0 bridgehead atoms. The van der Waals surface area contributed by atoms with Crippen molar-refractivity contribution in [3.63, 3.8) is 0 Å². The third kappa shape index (κ3) is 4.45. The van der Waals surface area contributed by atoms with Crippen molar-refractivity contribution < 1.29 is 9.13 Å². The van der Waals surface area contributed by atoms with Crippen molar-refractivity contribution in [3.05, 3.63) is 30.4 Å². The standard InChI is InChI=1S/C15H17N5.C8H14FNO/c1-9-5-16-15-13(9)14(19-11-3-4-11)12(7-17-15)10-6-18-20(2)8-10;9-7-2-1-3-10(4-7)8-5-11-6-8/h5-8,11H,3-4H2,1-2H3,(H2,16,17,19);7-8H,1-6H2. The number of ether oxygens (including phenoxy) is 1. The summed E-state index contributed by atoms with van der Waals surface area (Å²) in [4.78, 5) is 10.00. The summed E-state index contributed by atoms with van der Waals surface area (Å²) in [6.07, 6.45) is 11.5. The van der Waals surface area contributed by atoms with Gasteiger partial charge in [0.1, 0.15) is 11.8 Å². The molecule has 7 nitrogen and oxygen atoms in total. The van der Waals surface area contributed by atoms with Crippen LogP contribution in [0.5, 0.6) is 0 Å². The zero-order chi connectivity index (χ0) is 21.4. The summed E-state index contributed by atoms with van der Waals surface area (Å²) in [7, 11) is 1.94. The van der Waals surface area contributed by atoms with Gasteiger partial charge in [-0.15, -0.1) is 0 Å². The number of anilines is 1. The molecule has 2 N–H and O–H groups in total. The zero-order valence-corrected chi connectivity index (χ0v) is 18.3. The lowest BCUT2D eigenvalue weighted by Gasteiger charge is -2.40. The van der Waals surface area contributed by atoms with Gasteiger partial charge in [-0.25, -0.2) is 9.37 Å². The number of hydrogen-bond acceptors (Lipinski definition) is 5. The lowest BCUT2D eigenvalue weighted by molar-refractivity contribution is -0.0780. The number of nitrogens with zero attached hydrogens (tertiary/aromatic N) is 4. The average Bonchev–Trinajstić information content (AvgIpc) is 3.30. The smallest absolute Gasteiger partial charge is 0.139 e. The van der Waals surface area contributed by atoms with Crippen LogP contribution in [0.15, 0.2) is 24.8 Å². The number of nitrogens with one attached hydrogen (secondary N) is 2. The Kier molecular flexibility index (Phi) is 5.67. The van der Waals surface area contributed by atoms with Crippen molar-refractivity contribution in [2.75, 3.05) is 31.6 Å². The number of piperidine rings is 1. The highest BCUT2D eigenvalue weighted by Crippen LogP contribution is 2.38. The summed E-state index contributed by atoms with van der Waals surface area (Å²) < 4.78 is 19.8. The predicted molar refractivity (Wildman–Crippen MR) is 120 cm³/mol.